The third-order valence-corrected chi connectivity index (χ3v) is 2.37. The van der Waals surface area contributed by atoms with Gasteiger partial charge >= 0.3 is 0 Å². The molecule has 0 saturated heterocycles. The Morgan fingerprint density at radius 2 is 2.38 bits per heavy atom. The quantitative estimate of drug-likeness (QED) is 0.717. The average Bonchev–Trinajstić information content (AvgIpc) is 2.63. The lowest BCUT2D eigenvalue weighted by Crippen LogP contribution is -2.19. The lowest BCUT2D eigenvalue weighted by molar-refractivity contribution is 0.757. The van der Waals surface area contributed by atoms with Crippen molar-refractivity contribution in [2.75, 3.05) is 18.5 Å². The van der Waals surface area contributed by atoms with Crippen molar-refractivity contribution in [3.05, 3.63) is 17.5 Å². The summed E-state index contributed by atoms with van der Waals surface area (Å²) in [4.78, 5) is 10.8. The molecule has 0 unspecified atom stereocenters. The molecular weight excluding hydrogens is 164 g/mol. The normalized spacial score (nSPS) is 14.3. The van der Waals surface area contributed by atoms with Gasteiger partial charge in [-0.2, -0.15) is 0 Å². The Kier molecular flexibility index (Phi) is 2.14. The number of hydrogen-bond donors (Lipinski definition) is 1. The number of hydrogen-bond acceptors (Lipinski definition) is 4. The van der Waals surface area contributed by atoms with Crippen LogP contribution in [0.2, 0.25) is 0 Å². The maximum atomic E-state index is 4.48. The molecule has 1 aliphatic rings. The predicted octanol–water partition coefficient (Wildman–Crippen LogP) is 0.536. The van der Waals surface area contributed by atoms with Gasteiger partial charge < -0.3 is 10.2 Å². The van der Waals surface area contributed by atoms with Crippen LogP contribution in [0.3, 0.4) is 0 Å². The van der Waals surface area contributed by atoms with Crippen LogP contribution in [0.25, 0.3) is 0 Å². The van der Waals surface area contributed by atoms with Crippen LogP contribution in [0, 0.1) is 0 Å². The molecule has 70 valence electrons. The summed E-state index contributed by atoms with van der Waals surface area (Å²) in [6.45, 7) is 4.81. The molecule has 1 aromatic heterocycles. The van der Waals surface area contributed by atoms with Gasteiger partial charge in [0.05, 0.1) is 5.69 Å². The highest BCUT2D eigenvalue weighted by Gasteiger charge is 2.13. The van der Waals surface area contributed by atoms with Gasteiger partial charge in [0.1, 0.15) is 0 Å². The molecule has 2 heterocycles. The van der Waals surface area contributed by atoms with Gasteiger partial charge in [0.2, 0.25) is 5.95 Å². The summed E-state index contributed by atoms with van der Waals surface area (Å²) in [5.41, 5.74) is 2.37. The summed E-state index contributed by atoms with van der Waals surface area (Å²) in [5.74, 6) is 0.824. The monoisotopic (exact) mass is 178 g/mol. The van der Waals surface area contributed by atoms with Crippen LogP contribution in [0.1, 0.15) is 18.2 Å². The fourth-order valence-electron chi connectivity index (χ4n) is 1.37. The van der Waals surface area contributed by atoms with E-state index in [2.05, 4.69) is 22.2 Å². The van der Waals surface area contributed by atoms with E-state index >= 15 is 0 Å². The molecule has 0 spiro atoms. The van der Waals surface area contributed by atoms with Gasteiger partial charge in [-0.1, -0.05) is 0 Å². The van der Waals surface area contributed by atoms with Gasteiger partial charge in [-0.25, -0.2) is 9.97 Å². The molecule has 4 heteroatoms. The second kappa shape index (κ2) is 3.30. The van der Waals surface area contributed by atoms with Crippen molar-refractivity contribution < 1.29 is 0 Å². The molecule has 0 bridgehead atoms. The van der Waals surface area contributed by atoms with Crippen molar-refractivity contribution in [1.29, 1.82) is 0 Å². The first-order valence-corrected chi connectivity index (χ1v) is 4.58. The van der Waals surface area contributed by atoms with Crippen LogP contribution in [0.4, 0.5) is 5.95 Å². The second-order valence-electron chi connectivity index (χ2n) is 3.26. The summed E-state index contributed by atoms with van der Waals surface area (Å²) in [5, 5.41) is 3.25. The first-order valence-electron chi connectivity index (χ1n) is 4.58. The lowest BCUT2D eigenvalue weighted by atomic mass is 10.3. The van der Waals surface area contributed by atoms with Gasteiger partial charge in [-0.05, 0) is 6.92 Å². The van der Waals surface area contributed by atoms with E-state index in [0.717, 1.165) is 31.3 Å². The van der Waals surface area contributed by atoms with Crippen molar-refractivity contribution in [1.82, 2.24) is 15.3 Å². The third-order valence-electron chi connectivity index (χ3n) is 2.37. The lowest BCUT2D eigenvalue weighted by Gasteiger charge is -2.14. The maximum absolute atomic E-state index is 4.48. The van der Waals surface area contributed by atoms with Crippen molar-refractivity contribution in [2.24, 2.45) is 0 Å². The minimum atomic E-state index is 0.824. The molecule has 1 N–H and O–H groups in total. The van der Waals surface area contributed by atoms with Crippen molar-refractivity contribution in [2.45, 2.75) is 20.0 Å². The summed E-state index contributed by atoms with van der Waals surface area (Å²) >= 11 is 0. The van der Waals surface area contributed by atoms with E-state index in [9.17, 15) is 0 Å². The SMILES string of the molecule is CCN(C)c1ncc2c(n1)CNC2. The molecule has 0 atom stereocenters. The van der Waals surface area contributed by atoms with Gasteiger partial charge in [0.25, 0.3) is 0 Å². The van der Waals surface area contributed by atoms with Crippen molar-refractivity contribution >= 4 is 5.95 Å². The van der Waals surface area contributed by atoms with E-state index in [1.54, 1.807) is 0 Å². The molecule has 4 nitrogen and oxygen atoms in total. The summed E-state index contributed by atoms with van der Waals surface area (Å²) in [6, 6.07) is 0. The Bertz CT molecular complexity index is 310. The van der Waals surface area contributed by atoms with Crippen molar-refractivity contribution in [3.8, 4) is 0 Å². The summed E-state index contributed by atoms with van der Waals surface area (Å²) in [7, 11) is 2.00. The molecule has 0 aliphatic carbocycles. The van der Waals surface area contributed by atoms with Crippen LogP contribution in [-0.2, 0) is 13.1 Å². The van der Waals surface area contributed by atoms with Gasteiger partial charge in [-0.15, -0.1) is 0 Å². The smallest absolute Gasteiger partial charge is 0.225 e. The van der Waals surface area contributed by atoms with Crippen LogP contribution < -0.4 is 10.2 Å². The van der Waals surface area contributed by atoms with Crippen molar-refractivity contribution in [3.63, 3.8) is 0 Å². The van der Waals surface area contributed by atoms with Gasteiger partial charge in [0.15, 0.2) is 0 Å². The minimum Gasteiger partial charge on any atom is -0.344 e. The first-order chi connectivity index (χ1) is 6.31. The maximum Gasteiger partial charge on any atom is 0.225 e. The zero-order valence-electron chi connectivity index (χ0n) is 8.04. The molecule has 1 aromatic rings. The standard InChI is InChI=1S/C9H14N4/c1-3-13(2)9-11-5-7-4-10-6-8(7)12-9/h5,10H,3-4,6H2,1-2H3. The number of anilines is 1. The highest BCUT2D eigenvalue weighted by Crippen LogP contribution is 2.14. The Labute approximate surface area is 78.0 Å². The number of rotatable bonds is 2. The van der Waals surface area contributed by atoms with E-state index in [1.807, 2.05) is 18.1 Å². The van der Waals surface area contributed by atoms with Crippen LogP contribution >= 0.6 is 0 Å². The van der Waals surface area contributed by atoms with Gasteiger partial charge in [-0.3, -0.25) is 0 Å². The highest BCUT2D eigenvalue weighted by molar-refractivity contribution is 5.33. The minimum absolute atomic E-state index is 0.824. The molecule has 0 radical (unpaired) electrons. The van der Waals surface area contributed by atoms with E-state index < -0.39 is 0 Å². The Morgan fingerprint density at radius 3 is 3.15 bits per heavy atom. The topological polar surface area (TPSA) is 41.1 Å². The Balaban J connectivity index is 2.30. The van der Waals surface area contributed by atoms with Crippen LogP contribution in [-0.4, -0.2) is 23.6 Å². The molecule has 1 aliphatic heterocycles. The molecule has 13 heavy (non-hydrogen) atoms. The van der Waals surface area contributed by atoms with E-state index in [4.69, 9.17) is 0 Å². The van der Waals surface area contributed by atoms with Gasteiger partial charge in [0, 0.05) is 38.4 Å². The van der Waals surface area contributed by atoms with Crippen LogP contribution in [0.15, 0.2) is 6.20 Å². The fourth-order valence-corrected chi connectivity index (χ4v) is 1.37. The number of aromatic nitrogens is 2. The Morgan fingerprint density at radius 1 is 1.54 bits per heavy atom. The second-order valence-corrected chi connectivity index (χ2v) is 3.26. The van der Waals surface area contributed by atoms with E-state index in [-0.39, 0.29) is 0 Å². The summed E-state index contributed by atoms with van der Waals surface area (Å²) < 4.78 is 0. The largest absolute Gasteiger partial charge is 0.344 e. The third kappa shape index (κ3) is 1.49. The summed E-state index contributed by atoms with van der Waals surface area (Å²) in [6.07, 6.45) is 1.92. The number of nitrogens with zero attached hydrogens (tertiary/aromatic N) is 3. The van der Waals surface area contributed by atoms with E-state index in [0.29, 0.717) is 0 Å². The zero-order valence-corrected chi connectivity index (χ0v) is 8.04. The molecule has 0 fully saturated rings. The molecular formula is C9H14N4. The predicted molar refractivity (Wildman–Crippen MR) is 51.5 cm³/mol. The van der Waals surface area contributed by atoms with E-state index in [1.165, 1.54) is 5.56 Å². The highest BCUT2D eigenvalue weighted by atomic mass is 15.2. The molecule has 0 aromatic carbocycles. The molecule has 0 amide bonds. The number of nitrogens with one attached hydrogen (secondary N) is 1. The zero-order chi connectivity index (χ0) is 9.26. The molecule has 2 rings (SSSR count). The Hall–Kier alpha value is -1.16. The van der Waals surface area contributed by atoms with Crippen LogP contribution in [0.5, 0.6) is 0 Å². The molecule has 0 saturated carbocycles. The first kappa shape index (κ1) is 8.44. The fraction of sp³-hybridized carbons (Fsp3) is 0.556. The number of fused-ring (bicyclic) bond motifs is 1. The average molecular weight is 178 g/mol.